The number of hydrogen-bond acceptors (Lipinski definition) is 3. The molecule has 112 valence electrons. The number of benzene rings is 1. The Morgan fingerprint density at radius 1 is 1.45 bits per heavy atom. The summed E-state index contributed by atoms with van der Waals surface area (Å²) in [6, 6.07) is 8.73. The predicted octanol–water partition coefficient (Wildman–Crippen LogP) is 3.34. The van der Waals surface area contributed by atoms with Crippen molar-refractivity contribution in [3.05, 3.63) is 34.3 Å². The minimum Gasteiger partial charge on any atom is -0.377 e. The van der Waals surface area contributed by atoms with Gasteiger partial charge in [-0.25, -0.2) is 0 Å². The molecular weight excluding hydrogens is 316 g/mol. The van der Waals surface area contributed by atoms with Crippen LogP contribution in [0.15, 0.2) is 28.7 Å². The van der Waals surface area contributed by atoms with Gasteiger partial charge in [0.1, 0.15) is 0 Å². The van der Waals surface area contributed by atoms with E-state index in [0.717, 1.165) is 24.0 Å². The van der Waals surface area contributed by atoms with Gasteiger partial charge in [0.15, 0.2) is 0 Å². The van der Waals surface area contributed by atoms with E-state index >= 15 is 0 Å². The number of likely N-dealkylation sites (N-methyl/N-ethyl adjacent to an activating group) is 1. The molecule has 3 atom stereocenters. The van der Waals surface area contributed by atoms with E-state index in [4.69, 9.17) is 10.5 Å². The lowest BCUT2D eigenvalue weighted by Gasteiger charge is -2.35. The lowest BCUT2D eigenvalue weighted by atomic mass is 9.98. The largest absolute Gasteiger partial charge is 0.377 e. The van der Waals surface area contributed by atoms with Crippen molar-refractivity contribution in [2.24, 2.45) is 5.73 Å². The molecule has 2 N–H and O–H groups in total. The summed E-state index contributed by atoms with van der Waals surface area (Å²) >= 11 is 3.54. The van der Waals surface area contributed by atoms with Gasteiger partial charge in [-0.15, -0.1) is 0 Å². The molecule has 1 aromatic carbocycles. The maximum Gasteiger partial charge on any atom is 0.0702 e. The molecule has 0 aromatic heterocycles. The van der Waals surface area contributed by atoms with Crippen molar-refractivity contribution in [3.8, 4) is 0 Å². The van der Waals surface area contributed by atoms with Crippen molar-refractivity contribution >= 4 is 15.9 Å². The molecule has 1 heterocycles. The van der Waals surface area contributed by atoms with Crippen molar-refractivity contribution in [1.29, 1.82) is 0 Å². The molecule has 20 heavy (non-hydrogen) atoms. The predicted molar refractivity (Wildman–Crippen MR) is 86.8 cm³/mol. The average molecular weight is 341 g/mol. The third-order valence-corrected chi connectivity index (χ3v) is 4.42. The van der Waals surface area contributed by atoms with E-state index in [1.165, 1.54) is 18.4 Å². The van der Waals surface area contributed by atoms with Gasteiger partial charge in [0, 0.05) is 29.7 Å². The van der Waals surface area contributed by atoms with Crippen molar-refractivity contribution in [2.75, 3.05) is 20.2 Å². The second kappa shape index (κ2) is 7.55. The van der Waals surface area contributed by atoms with Crippen LogP contribution in [0.1, 0.15) is 37.8 Å². The SMILES string of the molecule is CC(N)C(c1cccc(Br)c1)N(C)CC1CCCCO1. The maximum atomic E-state index is 6.23. The van der Waals surface area contributed by atoms with Crippen LogP contribution in [-0.4, -0.2) is 37.2 Å². The highest BCUT2D eigenvalue weighted by Gasteiger charge is 2.25. The third-order valence-electron chi connectivity index (χ3n) is 3.93. The number of nitrogens with zero attached hydrogens (tertiary/aromatic N) is 1. The first-order valence-electron chi connectivity index (χ1n) is 7.41. The molecule has 1 fully saturated rings. The number of nitrogens with two attached hydrogens (primary N) is 1. The van der Waals surface area contributed by atoms with Crippen LogP contribution < -0.4 is 5.73 Å². The summed E-state index contributed by atoms with van der Waals surface area (Å²) < 4.78 is 6.95. The zero-order valence-electron chi connectivity index (χ0n) is 12.4. The fourth-order valence-corrected chi connectivity index (χ4v) is 3.45. The monoisotopic (exact) mass is 340 g/mol. The first-order valence-corrected chi connectivity index (χ1v) is 8.20. The Balaban J connectivity index is 2.07. The van der Waals surface area contributed by atoms with E-state index < -0.39 is 0 Å². The van der Waals surface area contributed by atoms with E-state index in [2.05, 4.69) is 53.0 Å². The van der Waals surface area contributed by atoms with Gasteiger partial charge in [-0.05, 0) is 50.9 Å². The summed E-state index contributed by atoms with van der Waals surface area (Å²) in [5, 5.41) is 0. The second-order valence-corrected chi connectivity index (χ2v) is 6.70. The van der Waals surface area contributed by atoms with Crippen LogP contribution >= 0.6 is 15.9 Å². The lowest BCUT2D eigenvalue weighted by molar-refractivity contribution is -0.00985. The standard InChI is InChI=1S/C16H25BrN2O/c1-12(18)16(13-6-5-7-14(17)10-13)19(2)11-15-8-3-4-9-20-15/h5-7,10,12,15-16H,3-4,8-9,11,18H2,1-2H3. The molecule has 0 spiro atoms. The molecule has 0 bridgehead atoms. The summed E-state index contributed by atoms with van der Waals surface area (Å²) in [5.41, 5.74) is 7.48. The summed E-state index contributed by atoms with van der Waals surface area (Å²) in [4.78, 5) is 2.34. The van der Waals surface area contributed by atoms with Crippen LogP contribution in [0.2, 0.25) is 0 Å². The molecule has 0 radical (unpaired) electrons. The van der Waals surface area contributed by atoms with Crippen LogP contribution in [0.3, 0.4) is 0 Å². The number of halogens is 1. The normalized spacial score (nSPS) is 22.8. The summed E-state index contributed by atoms with van der Waals surface area (Å²) in [5.74, 6) is 0. The third kappa shape index (κ3) is 4.29. The molecule has 0 saturated carbocycles. The van der Waals surface area contributed by atoms with Crippen molar-refractivity contribution in [1.82, 2.24) is 4.90 Å². The summed E-state index contributed by atoms with van der Waals surface area (Å²) in [7, 11) is 2.15. The molecule has 1 aliphatic rings. The van der Waals surface area contributed by atoms with Crippen LogP contribution in [0.5, 0.6) is 0 Å². The summed E-state index contributed by atoms with van der Waals surface area (Å²) in [6.07, 6.45) is 3.98. The minimum absolute atomic E-state index is 0.0814. The molecule has 3 unspecified atom stereocenters. The molecule has 0 aliphatic carbocycles. The highest BCUT2D eigenvalue weighted by molar-refractivity contribution is 9.10. The fourth-order valence-electron chi connectivity index (χ4n) is 3.04. The zero-order valence-corrected chi connectivity index (χ0v) is 14.0. The molecule has 4 heteroatoms. The van der Waals surface area contributed by atoms with Crippen LogP contribution in [0.4, 0.5) is 0 Å². The minimum atomic E-state index is 0.0814. The Hall–Kier alpha value is -0.420. The van der Waals surface area contributed by atoms with Gasteiger partial charge in [0.25, 0.3) is 0 Å². The molecule has 1 aliphatic heterocycles. The van der Waals surface area contributed by atoms with Crippen molar-refractivity contribution in [2.45, 2.75) is 44.4 Å². The Morgan fingerprint density at radius 2 is 2.25 bits per heavy atom. The lowest BCUT2D eigenvalue weighted by Crippen LogP contribution is -2.42. The number of rotatable bonds is 5. The maximum absolute atomic E-state index is 6.23. The Morgan fingerprint density at radius 3 is 2.85 bits per heavy atom. The van der Waals surface area contributed by atoms with Gasteiger partial charge >= 0.3 is 0 Å². The molecular formula is C16H25BrN2O. The zero-order chi connectivity index (χ0) is 14.5. The van der Waals surface area contributed by atoms with Gasteiger partial charge < -0.3 is 10.5 Å². The van der Waals surface area contributed by atoms with Gasteiger partial charge in [0.2, 0.25) is 0 Å². The highest BCUT2D eigenvalue weighted by Crippen LogP contribution is 2.26. The fraction of sp³-hybridized carbons (Fsp3) is 0.625. The highest BCUT2D eigenvalue weighted by atomic mass is 79.9. The van der Waals surface area contributed by atoms with Crippen molar-refractivity contribution in [3.63, 3.8) is 0 Å². The Bertz CT molecular complexity index is 419. The number of hydrogen-bond donors (Lipinski definition) is 1. The molecule has 1 saturated heterocycles. The first-order chi connectivity index (χ1) is 9.58. The van der Waals surface area contributed by atoms with E-state index in [9.17, 15) is 0 Å². The number of ether oxygens (including phenoxy) is 1. The van der Waals surface area contributed by atoms with E-state index in [-0.39, 0.29) is 12.1 Å². The van der Waals surface area contributed by atoms with Crippen LogP contribution in [0, 0.1) is 0 Å². The molecule has 1 aromatic rings. The smallest absolute Gasteiger partial charge is 0.0702 e. The van der Waals surface area contributed by atoms with Gasteiger partial charge in [0.05, 0.1) is 6.10 Å². The van der Waals surface area contributed by atoms with Gasteiger partial charge in [-0.1, -0.05) is 28.1 Å². The van der Waals surface area contributed by atoms with E-state index in [1.54, 1.807) is 0 Å². The van der Waals surface area contributed by atoms with Crippen LogP contribution in [0.25, 0.3) is 0 Å². The first kappa shape index (κ1) is 16.0. The quantitative estimate of drug-likeness (QED) is 0.893. The second-order valence-electron chi connectivity index (χ2n) is 5.79. The molecule has 3 nitrogen and oxygen atoms in total. The topological polar surface area (TPSA) is 38.5 Å². The van der Waals surface area contributed by atoms with Gasteiger partial charge in [-0.2, -0.15) is 0 Å². The molecule has 2 rings (SSSR count). The van der Waals surface area contributed by atoms with Crippen molar-refractivity contribution < 1.29 is 4.74 Å². The van der Waals surface area contributed by atoms with E-state index in [1.807, 2.05) is 6.07 Å². The van der Waals surface area contributed by atoms with Gasteiger partial charge in [-0.3, -0.25) is 4.90 Å². The molecule has 0 amide bonds. The van der Waals surface area contributed by atoms with Crippen LogP contribution in [-0.2, 0) is 4.74 Å². The Labute approximate surface area is 130 Å². The Kier molecular flexibility index (Phi) is 6.02. The van der Waals surface area contributed by atoms with E-state index in [0.29, 0.717) is 6.10 Å². The summed E-state index contributed by atoms with van der Waals surface area (Å²) in [6.45, 7) is 3.92. The average Bonchev–Trinajstić information content (AvgIpc) is 2.39.